The number of aryl methyl sites for hydroxylation is 1. The summed E-state index contributed by atoms with van der Waals surface area (Å²) >= 11 is 0. The van der Waals surface area contributed by atoms with Gasteiger partial charge in [-0.25, -0.2) is 9.97 Å². The predicted molar refractivity (Wildman–Crippen MR) is 111 cm³/mol. The summed E-state index contributed by atoms with van der Waals surface area (Å²) in [6.45, 7) is 8.41. The number of hydrogen-bond acceptors (Lipinski definition) is 8. The number of hydrazine groups is 1. The molecule has 0 fully saturated rings. The second-order valence-corrected chi connectivity index (χ2v) is 5.98. The summed E-state index contributed by atoms with van der Waals surface area (Å²) in [5.74, 6) is 0.372. The summed E-state index contributed by atoms with van der Waals surface area (Å²) in [7, 11) is 1.65. The van der Waals surface area contributed by atoms with Crippen LogP contribution >= 0.6 is 0 Å². The molecular formula is C20H27N5O5. The van der Waals surface area contributed by atoms with E-state index in [9.17, 15) is 9.59 Å². The van der Waals surface area contributed by atoms with E-state index in [0.717, 1.165) is 0 Å². The highest BCUT2D eigenvalue weighted by Crippen LogP contribution is 2.39. The van der Waals surface area contributed by atoms with Crippen molar-refractivity contribution in [3.63, 3.8) is 0 Å². The molecule has 1 aromatic carbocycles. The molecule has 0 saturated heterocycles. The molecule has 2 aromatic rings. The lowest BCUT2D eigenvalue weighted by Crippen LogP contribution is -2.42. The summed E-state index contributed by atoms with van der Waals surface area (Å²) in [6.07, 6.45) is 0. The smallest absolute Gasteiger partial charge is 0.288 e. The van der Waals surface area contributed by atoms with Crippen molar-refractivity contribution in [2.24, 2.45) is 0 Å². The summed E-state index contributed by atoms with van der Waals surface area (Å²) < 4.78 is 16.8. The number of nitrogens with zero attached hydrogens (tertiary/aromatic N) is 2. The number of anilines is 1. The zero-order valence-corrected chi connectivity index (χ0v) is 17.8. The van der Waals surface area contributed by atoms with Gasteiger partial charge in [0.15, 0.2) is 11.5 Å². The lowest BCUT2D eigenvalue weighted by molar-refractivity contribution is 0.0843. The maximum absolute atomic E-state index is 12.6. The Morgan fingerprint density at radius 2 is 1.43 bits per heavy atom. The van der Waals surface area contributed by atoms with E-state index in [0.29, 0.717) is 48.7 Å². The van der Waals surface area contributed by atoms with Gasteiger partial charge in [-0.3, -0.25) is 20.4 Å². The molecule has 0 atom stereocenters. The molecule has 0 aliphatic heterocycles. The summed E-state index contributed by atoms with van der Waals surface area (Å²) in [5, 5.41) is 2.78. The molecule has 0 bridgehead atoms. The van der Waals surface area contributed by atoms with E-state index >= 15 is 0 Å². The molecule has 2 rings (SSSR count). The van der Waals surface area contributed by atoms with Crippen LogP contribution < -0.4 is 30.4 Å². The van der Waals surface area contributed by atoms with Crippen LogP contribution in [0, 0.1) is 6.92 Å². The van der Waals surface area contributed by atoms with E-state index in [1.807, 2.05) is 20.8 Å². The number of ether oxygens (including phenoxy) is 3. The van der Waals surface area contributed by atoms with Crippen molar-refractivity contribution < 1.29 is 23.8 Å². The second kappa shape index (κ2) is 10.8. The van der Waals surface area contributed by atoms with Gasteiger partial charge >= 0.3 is 0 Å². The van der Waals surface area contributed by atoms with E-state index in [1.54, 1.807) is 14.0 Å². The van der Waals surface area contributed by atoms with Gasteiger partial charge in [0, 0.05) is 18.3 Å². The molecule has 0 aliphatic rings. The third-order valence-corrected chi connectivity index (χ3v) is 3.77. The molecule has 0 saturated carbocycles. The average Bonchev–Trinajstić information content (AvgIpc) is 2.73. The Kier molecular flexibility index (Phi) is 8.21. The Morgan fingerprint density at radius 1 is 0.867 bits per heavy atom. The molecule has 0 aliphatic carbocycles. The highest BCUT2D eigenvalue weighted by molar-refractivity contribution is 5.99. The molecule has 3 N–H and O–H groups in total. The van der Waals surface area contributed by atoms with E-state index in [4.69, 9.17) is 14.2 Å². The monoisotopic (exact) mass is 417 g/mol. The van der Waals surface area contributed by atoms with Crippen LogP contribution in [0.4, 0.5) is 5.95 Å². The second-order valence-electron chi connectivity index (χ2n) is 5.98. The molecule has 0 spiro atoms. The summed E-state index contributed by atoms with van der Waals surface area (Å²) in [6, 6.07) is 4.58. The Labute approximate surface area is 175 Å². The summed E-state index contributed by atoms with van der Waals surface area (Å²) in [5.41, 5.74) is 5.68. The minimum Gasteiger partial charge on any atom is -0.490 e. The lowest BCUT2D eigenvalue weighted by atomic mass is 10.1. The van der Waals surface area contributed by atoms with Gasteiger partial charge in [0.05, 0.1) is 19.8 Å². The van der Waals surface area contributed by atoms with Gasteiger partial charge in [0.1, 0.15) is 5.69 Å². The zero-order chi connectivity index (χ0) is 22.1. The van der Waals surface area contributed by atoms with Gasteiger partial charge in [-0.15, -0.1) is 0 Å². The number of carbonyl (C=O) groups excluding carboxylic acids is 2. The van der Waals surface area contributed by atoms with Crippen molar-refractivity contribution in [1.82, 2.24) is 20.8 Å². The molecule has 10 heteroatoms. The fourth-order valence-electron chi connectivity index (χ4n) is 2.57. The number of rotatable bonds is 9. The van der Waals surface area contributed by atoms with Crippen LogP contribution in [0.15, 0.2) is 18.2 Å². The third-order valence-electron chi connectivity index (χ3n) is 3.77. The highest BCUT2D eigenvalue weighted by Gasteiger charge is 2.19. The van der Waals surface area contributed by atoms with E-state index < -0.39 is 11.8 Å². The van der Waals surface area contributed by atoms with Gasteiger partial charge in [0.25, 0.3) is 11.8 Å². The minimum atomic E-state index is -0.577. The largest absolute Gasteiger partial charge is 0.490 e. The first-order chi connectivity index (χ1) is 14.4. The topological polar surface area (TPSA) is 124 Å². The first kappa shape index (κ1) is 22.7. The number of carbonyl (C=O) groups is 2. The SMILES string of the molecule is CCOc1cc(C(=O)NNC(=O)c2cc(C)nc(NC)n2)cc(OCC)c1OCC. The van der Waals surface area contributed by atoms with Crippen LogP contribution in [0.2, 0.25) is 0 Å². The molecule has 0 unspecified atom stereocenters. The van der Waals surface area contributed by atoms with Crippen molar-refractivity contribution in [1.29, 1.82) is 0 Å². The van der Waals surface area contributed by atoms with Crippen LogP contribution in [0.25, 0.3) is 0 Å². The predicted octanol–water partition coefficient (Wildman–Crippen LogP) is 2.10. The number of benzene rings is 1. The fourth-order valence-corrected chi connectivity index (χ4v) is 2.57. The standard InChI is InChI=1S/C20H27N5O5/c1-6-28-15-10-13(11-16(29-7-2)17(15)30-8-3)18(26)24-25-19(27)14-9-12(4)22-20(21-5)23-14/h9-11H,6-8H2,1-5H3,(H,24,26)(H,25,27)(H,21,22,23). The van der Waals surface area contributed by atoms with Gasteiger partial charge in [0.2, 0.25) is 11.7 Å². The zero-order valence-electron chi connectivity index (χ0n) is 17.8. The Bertz CT molecular complexity index is 876. The maximum atomic E-state index is 12.6. The van der Waals surface area contributed by atoms with Crippen LogP contribution in [0.5, 0.6) is 17.2 Å². The molecule has 1 aromatic heterocycles. The summed E-state index contributed by atoms with van der Waals surface area (Å²) in [4.78, 5) is 33.2. The third kappa shape index (κ3) is 5.72. The van der Waals surface area contributed by atoms with Crippen molar-refractivity contribution in [3.05, 3.63) is 35.2 Å². The molecule has 1 heterocycles. The first-order valence-electron chi connectivity index (χ1n) is 9.63. The minimum absolute atomic E-state index is 0.115. The number of nitrogens with one attached hydrogen (secondary N) is 3. The molecule has 162 valence electrons. The van der Waals surface area contributed by atoms with Gasteiger partial charge < -0.3 is 19.5 Å². The van der Waals surface area contributed by atoms with Crippen LogP contribution in [0.1, 0.15) is 47.3 Å². The number of amides is 2. The van der Waals surface area contributed by atoms with E-state index in [2.05, 4.69) is 26.1 Å². The van der Waals surface area contributed by atoms with Crippen molar-refractivity contribution >= 4 is 17.8 Å². The fraction of sp³-hybridized carbons (Fsp3) is 0.400. The van der Waals surface area contributed by atoms with Gasteiger partial charge in [-0.05, 0) is 45.9 Å². The Balaban J connectivity index is 2.21. The average molecular weight is 417 g/mol. The van der Waals surface area contributed by atoms with E-state index in [1.165, 1.54) is 18.2 Å². The van der Waals surface area contributed by atoms with Crippen LogP contribution in [-0.2, 0) is 0 Å². The van der Waals surface area contributed by atoms with E-state index in [-0.39, 0.29) is 11.3 Å². The van der Waals surface area contributed by atoms with Crippen molar-refractivity contribution in [2.45, 2.75) is 27.7 Å². The van der Waals surface area contributed by atoms with Gasteiger partial charge in [-0.2, -0.15) is 0 Å². The lowest BCUT2D eigenvalue weighted by Gasteiger charge is -2.17. The van der Waals surface area contributed by atoms with Crippen LogP contribution in [0.3, 0.4) is 0 Å². The van der Waals surface area contributed by atoms with Crippen LogP contribution in [-0.4, -0.2) is 48.7 Å². The molecule has 2 amide bonds. The van der Waals surface area contributed by atoms with Crippen molar-refractivity contribution in [2.75, 3.05) is 32.2 Å². The molecule has 10 nitrogen and oxygen atoms in total. The molecule has 30 heavy (non-hydrogen) atoms. The Morgan fingerprint density at radius 3 is 1.97 bits per heavy atom. The first-order valence-corrected chi connectivity index (χ1v) is 9.63. The highest BCUT2D eigenvalue weighted by atomic mass is 16.5. The number of aromatic nitrogens is 2. The van der Waals surface area contributed by atoms with Crippen molar-refractivity contribution in [3.8, 4) is 17.2 Å². The molecule has 0 radical (unpaired) electrons. The quantitative estimate of drug-likeness (QED) is 0.530. The van der Waals surface area contributed by atoms with Gasteiger partial charge in [-0.1, -0.05) is 0 Å². The number of hydrogen-bond donors (Lipinski definition) is 3. The maximum Gasteiger partial charge on any atom is 0.288 e. The Hall–Kier alpha value is -3.56. The normalized spacial score (nSPS) is 10.2. The molecular weight excluding hydrogens is 390 g/mol.